The molecule has 0 aromatic heterocycles. The van der Waals surface area contributed by atoms with Crippen LogP contribution in [0.1, 0.15) is 15.9 Å². The first kappa shape index (κ1) is 19.9. The highest BCUT2D eigenvalue weighted by molar-refractivity contribution is 7.92. The first-order chi connectivity index (χ1) is 13.4. The Kier molecular flexibility index (Phi) is 6.02. The third kappa shape index (κ3) is 4.71. The molecule has 5 nitrogen and oxygen atoms in total. The Balaban J connectivity index is 1.80. The van der Waals surface area contributed by atoms with Gasteiger partial charge in [-0.25, -0.2) is 8.42 Å². The molecule has 0 heterocycles. The average Bonchev–Trinajstić information content (AvgIpc) is 2.69. The number of amides is 1. The standard InChI is InChI=1S/C21H19ClN2O3S/c1-24(15-17-8-5-6-13-20(17)22)21(25)16-9-7-12-19(14-16)28(26,27)23-18-10-3-2-4-11-18/h2-14,23H,15H2,1H3. The predicted molar refractivity (Wildman–Crippen MR) is 111 cm³/mol. The van der Waals surface area contributed by atoms with Crippen molar-refractivity contribution in [3.05, 3.63) is 95.0 Å². The smallest absolute Gasteiger partial charge is 0.261 e. The summed E-state index contributed by atoms with van der Waals surface area (Å²) in [7, 11) is -2.15. The highest BCUT2D eigenvalue weighted by Gasteiger charge is 2.18. The van der Waals surface area contributed by atoms with E-state index in [1.54, 1.807) is 55.6 Å². The molecule has 3 aromatic rings. The lowest BCUT2D eigenvalue weighted by atomic mass is 10.1. The second-order valence-electron chi connectivity index (χ2n) is 6.25. The molecule has 7 heteroatoms. The number of nitrogens with one attached hydrogen (secondary N) is 1. The van der Waals surface area contributed by atoms with E-state index in [0.717, 1.165) is 5.56 Å². The number of halogens is 1. The molecule has 1 amide bonds. The fraction of sp³-hybridized carbons (Fsp3) is 0.0952. The molecular weight excluding hydrogens is 396 g/mol. The van der Waals surface area contributed by atoms with Crippen LogP contribution in [0.15, 0.2) is 83.8 Å². The minimum Gasteiger partial charge on any atom is -0.337 e. The quantitative estimate of drug-likeness (QED) is 0.649. The van der Waals surface area contributed by atoms with Crippen molar-refractivity contribution in [1.82, 2.24) is 4.90 Å². The molecule has 0 unspecified atom stereocenters. The lowest BCUT2D eigenvalue weighted by molar-refractivity contribution is 0.0785. The molecule has 0 saturated heterocycles. The fourth-order valence-electron chi connectivity index (χ4n) is 2.69. The van der Waals surface area contributed by atoms with Gasteiger partial charge in [0.15, 0.2) is 0 Å². The number of para-hydroxylation sites is 1. The van der Waals surface area contributed by atoms with Gasteiger partial charge in [-0.3, -0.25) is 9.52 Å². The third-order valence-corrected chi connectivity index (χ3v) is 5.88. The molecule has 0 aliphatic rings. The predicted octanol–water partition coefficient (Wildman–Crippen LogP) is 4.41. The van der Waals surface area contributed by atoms with Crippen LogP contribution < -0.4 is 4.72 Å². The zero-order valence-electron chi connectivity index (χ0n) is 15.2. The van der Waals surface area contributed by atoms with E-state index in [1.807, 2.05) is 18.2 Å². The summed E-state index contributed by atoms with van der Waals surface area (Å²) < 4.78 is 27.8. The topological polar surface area (TPSA) is 66.5 Å². The lowest BCUT2D eigenvalue weighted by Gasteiger charge is -2.18. The Morgan fingerprint density at radius 3 is 2.36 bits per heavy atom. The van der Waals surface area contributed by atoms with Gasteiger partial charge >= 0.3 is 0 Å². The molecule has 0 spiro atoms. The summed E-state index contributed by atoms with van der Waals surface area (Å²) in [5.74, 6) is -0.295. The average molecular weight is 415 g/mol. The Morgan fingerprint density at radius 1 is 0.964 bits per heavy atom. The molecule has 0 radical (unpaired) electrons. The summed E-state index contributed by atoms with van der Waals surface area (Å²) in [6.07, 6.45) is 0. The minimum absolute atomic E-state index is 0.0216. The van der Waals surface area contributed by atoms with Crippen molar-refractivity contribution >= 4 is 33.2 Å². The number of anilines is 1. The van der Waals surface area contributed by atoms with Crippen molar-refractivity contribution in [2.75, 3.05) is 11.8 Å². The van der Waals surface area contributed by atoms with Crippen LogP contribution >= 0.6 is 11.6 Å². The summed E-state index contributed by atoms with van der Waals surface area (Å²) in [4.78, 5) is 14.3. The van der Waals surface area contributed by atoms with E-state index in [1.165, 1.54) is 17.0 Å². The highest BCUT2D eigenvalue weighted by Crippen LogP contribution is 2.20. The van der Waals surface area contributed by atoms with Crippen LogP contribution in [-0.4, -0.2) is 26.3 Å². The first-order valence-corrected chi connectivity index (χ1v) is 10.4. The van der Waals surface area contributed by atoms with Crippen molar-refractivity contribution in [1.29, 1.82) is 0 Å². The van der Waals surface area contributed by atoms with Gasteiger partial charge in [-0.2, -0.15) is 0 Å². The minimum atomic E-state index is -3.80. The Morgan fingerprint density at radius 2 is 1.64 bits per heavy atom. The van der Waals surface area contributed by atoms with Crippen LogP contribution in [0.4, 0.5) is 5.69 Å². The van der Waals surface area contributed by atoms with E-state index in [0.29, 0.717) is 17.3 Å². The van der Waals surface area contributed by atoms with Crippen molar-refractivity contribution in [2.45, 2.75) is 11.4 Å². The van der Waals surface area contributed by atoms with E-state index in [4.69, 9.17) is 11.6 Å². The van der Waals surface area contributed by atoms with Gasteiger partial charge in [0.1, 0.15) is 0 Å². The summed E-state index contributed by atoms with van der Waals surface area (Å²) in [6.45, 7) is 0.317. The molecule has 0 aliphatic carbocycles. The van der Waals surface area contributed by atoms with E-state index in [9.17, 15) is 13.2 Å². The van der Waals surface area contributed by atoms with Crippen molar-refractivity contribution in [3.63, 3.8) is 0 Å². The van der Waals surface area contributed by atoms with E-state index in [-0.39, 0.29) is 16.4 Å². The number of benzene rings is 3. The maximum absolute atomic E-state index is 12.8. The van der Waals surface area contributed by atoms with Gasteiger partial charge in [0.05, 0.1) is 4.90 Å². The van der Waals surface area contributed by atoms with Gasteiger partial charge in [-0.05, 0) is 42.0 Å². The zero-order chi connectivity index (χ0) is 20.1. The van der Waals surface area contributed by atoms with Crippen LogP contribution in [0.25, 0.3) is 0 Å². The van der Waals surface area contributed by atoms with Crippen LogP contribution in [0.5, 0.6) is 0 Å². The van der Waals surface area contributed by atoms with E-state index in [2.05, 4.69) is 4.72 Å². The van der Waals surface area contributed by atoms with Gasteiger partial charge in [-0.15, -0.1) is 0 Å². The molecule has 3 rings (SSSR count). The molecule has 1 N–H and O–H groups in total. The number of rotatable bonds is 6. The SMILES string of the molecule is CN(Cc1ccccc1Cl)C(=O)c1cccc(S(=O)(=O)Nc2ccccc2)c1. The van der Waals surface area contributed by atoms with E-state index >= 15 is 0 Å². The summed E-state index contributed by atoms with van der Waals surface area (Å²) in [5, 5.41) is 0.575. The van der Waals surface area contributed by atoms with Crippen molar-refractivity contribution in [2.24, 2.45) is 0 Å². The molecular formula is C21H19ClN2O3S. The number of carbonyl (C=O) groups is 1. The zero-order valence-corrected chi connectivity index (χ0v) is 16.7. The summed E-state index contributed by atoms with van der Waals surface area (Å²) >= 11 is 6.16. The molecule has 0 atom stereocenters. The van der Waals surface area contributed by atoms with Crippen molar-refractivity contribution < 1.29 is 13.2 Å². The van der Waals surface area contributed by atoms with E-state index < -0.39 is 10.0 Å². The number of hydrogen-bond donors (Lipinski definition) is 1. The Labute approximate surface area is 169 Å². The number of carbonyl (C=O) groups excluding carboxylic acids is 1. The van der Waals surface area contributed by atoms with Crippen LogP contribution in [0.2, 0.25) is 5.02 Å². The van der Waals surface area contributed by atoms with Crippen LogP contribution in [-0.2, 0) is 16.6 Å². The summed E-state index contributed by atoms with van der Waals surface area (Å²) in [6, 6.07) is 21.8. The van der Waals surface area contributed by atoms with Gasteiger partial charge in [0.2, 0.25) is 0 Å². The largest absolute Gasteiger partial charge is 0.337 e. The second kappa shape index (κ2) is 8.46. The molecule has 0 saturated carbocycles. The van der Waals surface area contributed by atoms with Crippen LogP contribution in [0, 0.1) is 0 Å². The van der Waals surface area contributed by atoms with Gasteiger partial charge < -0.3 is 4.90 Å². The lowest BCUT2D eigenvalue weighted by Crippen LogP contribution is -2.26. The molecule has 144 valence electrons. The molecule has 3 aromatic carbocycles. The number of nitrogens with zero attached hydrogens (tertiary/aromatic N) is 1. The normalized spacial score (nSPS) is 11.1. The van der Waals surface area contributed by atoms with Gasteiger partial charge in [0.25, 0.3) is 15.9 Å². The monoisotopic (exact) mass is 414 g/mol. The third-order valence-electron chi connectivity index (χ3n) is 4.13. The number of hydrogen-bond acceptors (Lipinski definition) is 3. The number of sulfonamides is 1. The summed E-state index contributed by atoms with van der Waals surface area (Å²) in [5.41, 5.74) is 1.55. The van der Waals surface area contributed by atoms with Gasteiger partial charge in [0, 0.05) is 29.9 Å². The molecule has 0 aliphatic heterocycles. The van der Waals surface area contributed by atoms with Crippen LogP contribution in [0.3, 0.4) is 0 Å². The molecule has 0 bridgehead atoms. The fourth-order valence-corrected chi connectivity index (χ4v) is 3.99. The molecule has 0 fully saturated rings. The van der Waals surface area contributed by atoms with Crippen molar-refractivity contribution in [3.8, 4) is 0 Å². The van der Waals surface area contributed by atoms with Gasteiger partial charge in [-0.1, -0.05) is 54.1 Å². The molecule has 28 heavy (non-hydrogen) atoms. The Hall–Kier alpha value is -2.83. The maximum atomic E-state index is 12.8. The Bertz CT molecular complexity index is 1090. The highest BCUT2D eigenvalue weighted by atomic mass is 35.5. The first-order valence-electron chi connectivity index (χ1n) is 8.53. The maximum Gasteiger partial charge on any atom is 0.261 e. The second-order valence-corrected chi connectivity index (χ2v) is 8.34.